The lowest BCUT2D eigenvalue weighted by Gasteiger charge is -2.24. The van der Waals surface area contributed by atoms with Crippen LogP contribution in [0.2, 0.25) is 0 Å². The molecule has 0 saturated heterocycles. The van der Waals surface area contributed by atoms with Crippen molar-refractivity contribution in [1.29, 1.82) is 0 Å². The molecule has 2 aromatic rings. The van der Waals surface area contributed by atoms with E-state index in [1.807, 2.05) is 23.0 Å². The van der Waals surface area contributed by atoms with E-state index in [1.54, 1.807) is 0 Å². The van der Waals surface area contributed by atoms with Gasteiger partial charge in [-0.2, -0.15) is 5.10 Å². The summed E-state index contributed by atoms with van der Waals surface area (Å²) < 4.78 is 3.07. The third-order valence-electron chi connectivity index (χ3n) is 3.74. The maximum atomic E-state index is 6.49. The summed E-state index contributed by atoms with van der Waals surface area (Å²) in [5, 5.41) is 4.64. The Labute approximate surface area is 129 Å². The second kappa shape index (κ2) is 6.10. The van der Waals surface area contributed by atoms with Crippen molar-refractivity contribution in [2.75, 3.05) is 0 Å². The number of hydrogen-bond donors (Lipinski definition) is 1. The Kier molecular flexibility index (Phi) is 4.66. The second-order valence-corrected chi connectivity index (χ2v) is 6.56. The normalized spacial score (nSPS) is 15.8. The number of rotatable bonds is 5. The predicted octanol–water partition coefficient (Wildman–Crippen LogP) is 4.03. The van der Waals surface area contributed by atoms with Crippen LogP contribution in [-0.4, -0.2) is 9.78 Å². The molecule has 1 aromatic carbocycles. The Balaban J connectivity index is 2.17. The fraction of sp³-hybridized carbons (Fsp3) is 0.438. The highest BCUT2D eigenvalue weighted by Gasteiger charge is 2.23. The van der Waals surface area contributed by atoms with Gasteiger partial charge in [-0.25, -0.2) is 0 Å². The minimum absolute atomic E-state index is 0.418. The van der Waals surface area contributed by atoms with E-state index in [9.17, 15) is 0 Å². The summed E-state index contributed by atoms with van der Waals surface area (Å²) in [5.41, 5.74) is 8.22. The summed E-state index contributed by atoms with van der Waals surface area (Å²) in [6.07, 6.45) is 3.85. The Morgan fingerprint density at radius 2 is 2.15 bits per heavy atom. The molecule has 0 spiro atoms. The van der Waals surface area contributed by atoms with E-state index >= 15 is 0 Å². The van der Waals surface area contributed by atoms with Crippen molar-refractivity contribution in [2.24, 2.45) is 5.73 Å². The zero-order chi connectivity index (χ0) is 14.8. The van der Waals surface area contributed by atoms with Crippen molar-refractivity contribution in [3.8, 4) is 0 Å². The molecule has 0 amide bonds. The molecule has 1 heterocycles. The van der Waals surface area contributed by atoms with Gasteiger partial charge < -0.3 is 5.73 Å². The van der Waals surface area contributed by atoms with Gasteiger partial charge in [-0.1, -0.05) is 35.0 Å². The molecule has 1 aromatic heterocycles. The SMILES string of the molecule is CCC(C)n1ccc(CC(C)(N)c2cccc(Br)c2)n1. The van der Waals surface area contributed by atoms with Gasteiger partial charge in [-0.15, -0.1) is 0 Å². The second-order valence-electron chi connectivity index (χ2n) is 5.65. The highest BCUT2D eigenvalue weighted by atomic mass is 79.9. The molecule has 2 N–H and O–H groups in total. The van der Waals surface area contributed by atoms with Crippen molar-refractivity contribution in [3.63, 3.8) is 0 Å². The smallest absolute Gasteiger partial charge is 0.0646 e. The molecule has 0 aliphatic carbocycles. The largest absolute Gasteiger partial charge is 0.321 e. The molecule has 2 rings (SSSR count). The summed E-state index contributed by atoms with van der Waals surface area (Å²) >= 11 is 3.50. The number of nitrogens with two attached hydrogens (primary N) is 1. The third kappa shape index (κ3) is 3.49. The molecular formula is C16H22BrN3. The molecule has 0 radical (unpaired) electrons. The van der Waals surface area contributed by atoms with Gasteiger partial charge in [-0.05, 0) is 44.0 Å². The highest BCUT2D eigenvalue weighted by Crippen LogP contribution is 2.25. The first-order valence-corrected chi connectivity index (χ1v) is 7.80. The Morgan fingerprint density at radius 3 is 2.80 bits per heavy atom. The lowest BCUT2D eigenvalue weighted by atomic mass is 9.88. The maximum Gasteiger partial charge on any atom is 0.0646 e. The highest BCUT2D eigenvalue weighted by molar-refractivity contribution is 9.10. The standard InChI is InChI=1S/C16H22BrN3/c1-4-12(2)20-9-8-15(19-20)11-16(3,18)13-6-5-7-14(17)10-13/h5-10,12H,4,11,18H2,1-3H3. The van der Waals surface area contributed by atoms with Gasteiger partial charge in [0.15, 0.2) is 0 Å². The predicted molar refractivity (Wildman–Crippen MR) is 86.6 cm³/mol. The van der Waals surface area contributed by atoms with Crippen LogP contribution in [0, 0.1) is 0 Å². The Hall–Kier alpha value is -1.13. The Morgan fingerprint density at radius 1 is 1.40 bits per heavy atom. The summed E-state index contributed by atoms with van der Waals surface area (Å²) in [5.74, 6) is 0. The Bertz CT molecular complexity index is 575. The molecular weight excluding hydrogens is 314 g/mol. The van der Waals surface area contributed by atoms with Crippen LogP contribution in [0.25, 0.3) is 0 Å². The van der Waals surface area contributed by atoms with Gasteiger partial charge >= 0.3 is 0 Å². The monoisotopic (exact) mass is 335 g/mol. The van der Waals surface area contributed by atoms with Crippen LogP contribution in [-0.2, 0) is 12.0 Å². The van der Waals surface area contributed by atoms with Gasteiger partial charge in [-0.3, -0.25) is 4.68 Å². The van der Waals surface area contributed by atoms with Crippen molar-refractivity contribution >= 4 is 15.9 Å². The number of hydrogen-bond acceptors (Lipinski definition) is 2. The zero-order valence-corrected chi connectivity index (χ0v) is 13.9. The van der Waals surface area contributed by atoms with Crippen LogP contribution in [0.1, 0.15) is 44.5 Å². The van der Waals surface area contributed by atoms with E-state index in [4.69, 9.17) is 5.73 Å². The zero-order valence-electron chi connectivity index (χ0n) is 12.3. The molecule has 0 aliphatic heterocycles. The maximum absolute atomic E-state index is 6.49. The molecule has 0 fully saturated rings. The van der Waals surface area contributed by atoms with E-state index in [-0.39, 0.29) is 0 Å². The summed E-state index contributed by atoms with van der Waals surface area (Å²) in [7, 11) is 0. The van der Waals surface area contributed by atoms with Crippen molar-refractivity contribution in [1.82, 2.24) is 9.78 Å². The molecule has 0 bridgehead atoms. The van der Waals surface area contributed by atoms with Crippen LogP contribution in [0.5, 0.6) is 0 Å². The van der Waals surface area contributed by atoms with Crippen LogP contribution >= 0.6 is 15.9 Å². The first-order valence-electron chi connectivity index (χ1n) is 7.01. The fourth-order valence-electron chi connectivity index (χ4n) is 2.23. The van der Waals surface area contributed by atoms with E-state index in [2.05, 4.69) is 60.0 Å². The lowest BCUT2D eigenvalue weighted by Crippen LogP contribution is -2.35. The number of benzene rings is 1. The quantitative estimate of drug-likeness (QED) is 0.896. The van der Waals surface area contributed by atoms with Crippen LogP contribution in [0.3, 0.4) is 0 Å². The average Bonchev–Trinajstić information content (AvgIpc) is 2.85. The number of halogens is 1. The van der Waals surface area contributed by atoms with E-state index in [1.165, 1.54) is 0 Å². The molecule has 3 nitrogen and oxygen atoms in total. The molecule has 4 heteroatoms. The first kappa shape index (κ1) is 15.3. The van der Waals surface area contributed by atoms with Crippen LogP contribution < -0.4 is 5.73 Å². The van der Waals surface area contributed by atoms with Gasteiger partial charge in [0.05, 0.1) is 5.69 Å². The van der Waals surface area contributed by atoms with E-state index in [0.717, 1.165) is 28.6 Å². The molecule has 20 heavy (non-hydrogen) atoms. The third-order valence-corrected chi connectivity index (χ3v) is 4.23. The summed E-state index contributed by atoms with van der Waals surface area (Å²) in [4.78, 5) is 0. The summed E-state index contributed by atoms with van der Waals surface area (Å²) in [6.45, 7) is 6.39. The van der Waals surface area contributed by atoms with Crippen molar-refractivity contribution in [2.45, 2.75) is 45.2 Å². The van der Waals surface area contributed by atoms with Crippen LogP contribution in [0.15, 0.2) is 41.0 Å². The number of aromatic nitrogens is 2. The van der Waals surface area contributed by atoms with E-state index in [0.29, 0.717) is 6.04 Å². The van der Waals surface area contributed by atoms with Gasteiger partial charge in [0.1, 0.15) is 0 Å². The molecule has 2 unspecified atom stereocenters. The van der Waals surface area contributed by atoms with Crippen molar-refractivity contribution < 1.29 is 0 Å². The molecule has 108 valence electrons. The van der Waals surface area contributed by atoms with Crippen LogP contribution in [0.4, 0.5) is 0 Å². The first-order chi connectivity index (χ1) is 9.42. The average molecular weight is 336 g/mol. The minimum atomic E-state index is -0.418. The van der Waals surface area contributed by atoms with E-state index < -0.39 is 5.54 Å². The van der Waals surface area contributed by atoms with Gasteiger partial charge in [0.25, 0.3) is 0 Å². The lowest BCUT2D eigenvalue weighted by molar-refractivity contribution is 0.451. The van der Waals surface area contributed by atoms with Crippen molar-refractivity contribution in [3.05, 3.63) is 52.3 Å². The molecule has 0 saturated carbocycles. The molecule has 2 atom stereocenters. The summed E-state index contributed by atoms with van der Waals surface area (Å²) in [6, 6.07) is 10.7. The van der Waals surface area contributed by atoms with Gasteiger partial charge in [0.2, 0.25) is 0 Å². The minimum Gasteiger partial charge on any atom is -0.321 e. The number of nitrogens with zero attached hydrogens (tertiary/aromatic N) is 2. The molecule has 0 aliphatic rings. The van der Waals surface area contributed by atoms with Gasteiger partial charge in [0, 0.05) is 28.7 Å². The topological polar surface area (TPSA) is 43.8 Å². The fourth-order valence-corrected chi connectivity index (χ4v) is 2.63.